The van der Waals surface area contributed by atoms with Gasteiger partial charge in [0.15, 0.2) is 0 Å². The van der Waals surface area contributed by atoms with Crippen LogP contribution in [-0.2, 0) is 0 Å². The molecule has 0 saturated carbocycles. The van der Waals surface area contributed by atoms with Gasteiger partial charge in [0.25, 0.3) is 0 Å². The number of rotatable bonds is 7. The highest BCUT2D eigenvalue weighted by Crippen LogP contribution is 2.11. The maximum absolute atomic E-state index is 3.59. The third-order valence-electron chi connectivity index (χ3n) is 3.72. The molecule has 0 radical (unpaired) electrons. The van der Waals surface area contributed by atoms with E-state index in [0.717, 1.165) is 10.5 Å². The SMILES string of the molecule is CC(C)N(CCC1CCCN1)CC[N+](C)(C)C. The first-order chi connectivity index (χ1) is 7.88. The summed E-state index contributed by atoms with van der Waals surface area (Å²) in [4.78, 5) is 2.63. The van der Waals surface area contributed by atoms with E-state index in [9.17, 15) is 0 Å². The molecule has 0 amide bonds. The Bertz CT molecular complexity index is 202. The van der Waals surface area contributed by atoms with Gasteiger partial charge in [-0.15, -0.1) is 0 Å². The first-order valence-corrected chi connectivity index (χ1v) is 7.16. The molecule has 0 aromatic heterocycles. The largest absolute Gasteiger partial charge is 0.330 e. The van der Waals surface area contributed by atoms with Crippen LogP contribution in [0.2, 0.25) is 0 Å². The van der Waals surface area contributed by atoms with E-state index in [-0.39, 0.29) is 0 Å². The molecule has 1 atom stereocenters. The summed E-state index contributed by atoms with van der Waals surface area (Å²) in [5.41, 5.74) is 0. The van der Waals surface area contributed by atoms with Crippen LogP contribution in [0.15, 0.2) is 0 Å². The van der Waals surface area contributed by atoms with Gasteiger partial charge >= 0.3 is 0 Å². The van der Waals surface area contributed by atoms with Crippen LogP contribution in [0.3, 0.4) is 0 Å². The van der Waals surface area contributed by atoms with Crippen LogP contribution in [-0.4, -0.2) is 68.8 Å². The Morgan fingerprint density at radius 3 is 2.41 bits per heavy atom. The third-order valence-corrected chi connectivity index (χ3v) is 3.72. The minimum Gasteiger partial charge on any atom is -0.330 e. The fourth-order valence-electron chi connectivity index (χ4n) is 2.38. The highest BCUT2D eigenvalue weighted by molar-refractivity contribution is 4.76. The Morgan fingerprint density at radius 2 is 1.94 bits per heavy atom. The molecule has 1 fully saturated rings. The Kier molecular flexibility index (Phi) is 5.90. The van der Waals surface area contributed by atoms with E-state index in [4.69, 9.17) is 0 Å². The Balaban J connectivity index is 2.27. The number of quaternary nitrogens is 1. The predicted octanol–water partition coefficient (Wildman–Crippen LogP) is 1.55. The first kappa shape index (κ1) is 14.9. The molecule has 3 nitrogen and oxygen atoms in total. The molecule has 0 aromatic rings. The van der Waals surface area contributed by atoms with Crippen LogP contribution >= 0.6 is 0 Å². The summed E-state index contributed by atoms with van der Waals surface area (Å²) in [5, 5.41) is 3.59. The molecule has 1 saturated heterocycles. The molecule has 0 aliphatic carbocycles. The van der Waals surface area contributed by atoms with Gasteiger partial charge in [-0.05, 0) is 39.7 Å². The number of nitrogens with one attached hydrogen (secondary N) is 1. The van der Waals surface area contributed by atoms with E-state index < -0.39 is 0 Å². The Hall–Kier alpha value is -0.120. The van der Waals surface area contributed by atoms with Gasteiger partial charge in [-0.25, -0.2) is 0 Å². The maximum atomic E-state index is 3.59. The van der Waals surface area contributed by atoms with Crippen LogP contribution in [0.25, 0.3) is 0 Å². The Labute approximate surface area is 108 Å². The van der Waals surface area contributed by atoms with E-state index in [1.54, 1.807) is 0 Å². The van der Waals surface area contributed by atoms with E-state index in [0.29, 0.717) is 6.04 Å². The lowest BCUT2D eigenvalue weighted by atomic mass is 10.1. The molecule has 1 heterocycles. The van der Waals surface area contributed by atoms with Gasteiger partial charge in [0, 0.05) is 25.2 Å². The molecule has 1 N–H and O–H groups in total. The number of hydrogen-bond donors (Lipinski definition) is 1. The van der Waals surface area contributed by atoms with Crippen LogP contribution in [0.5, 0.6) is 0 Å². The quantitative estimate of drug-likeness (QED) is 0.681. The molecule has 102 valence electrons. The molecule has 0 spiro atoms. The summed E-state index contributed by atoms with van der Waals surface area (Å²) in [5.74, 6) is 0. The van der Waals surface area contributed by atoms with Crippen molar-refractivity contribution in [3.05, 3.63) is 0 Å². The standard InChI is InChI=1S/C14H32N3/c1-13(2)16(11-12-17(3,4)5)10-8-14-7-6-9-15-14/h13-15H,6-12H2,1-5H3/q+1. The van der Waals surface area contributed by atoms with Crippen LogP contribution in [0.4, 0.5) is 0 Å². The van der Waals surface area contributed by atoms with Crippen molar-refractivity contribution >= 4 is 0 Å². The van der Waals surface area contributed by atoms with Crippen molar-refractivity contribution in [2.24, 2.45) is 0 Å². The van der Waals surface area contributed by atoms with E-state index in [2.05, 4.69) is 45.2 Å². The average Bonchev–Trinajstić information content (AvgIpc) is 2.68. The van der Waals surface area contributed by atoms with Crippen molar-refractivity contribution < 1.29 is 4.48 Å². The zero-order valence-corrected chi connectivity index (χ0v) is 12.5. The molecule has 1 aliphatic rings. The normalized spacial score (nSPS) is 21.7. The minimum atomic E-state index is 0.669. The van der Waals surface area contributed by atoms with E-state index in [1.165, 1.54) is 45.4 Å². The van der Waals surface area contributed by atoms with Gasteiger partial charge in [0.2, 0.25) is 0 Å². The smallest absolute Gasteiger partial charge is 0.0909 e. The molecule has 17 heavy (non-hydrogen) atoms. The first-order valence-electron chi connectivity index (χ1n) is 7.16. The van der Waals surface area contributed by atoms with E-state index >= 15 is 0 Å². The summed E-state index contributed by atoms with van der Waals surface area (Å²) < 4.78 is 1.06. The maximum Gasteiger partial charge on any atom is 0.0909 e. The van der Waals surface area contributed by atoms with Gasteiger partial charge in [0.05, 0.1) is 27.7 Å². The molecular weight excluding hydrogens is 210 g/mol. The van der Waals surface area contributed by atoms with Crippen molar-refractivity contribution in [3.8, 4) is 0 Å². The lowest BCUT2D eigenvalue weighted by molar-refractivity contribution is -0.869. The van der Waals surface area contributed by atoms with Crippen molar-refractivity contribution in [1.82, 2.24) is 10.2 Å². The summed E-state index contributed by atoms with van der Waals surface area (Å²) in [6.07, 6.45) is 4.06. The fourth-order valence-corrected chi connectivity index (χ4v) is 2.38. The van der Waals surface area contributed by atoms with Crippen LogP contribution in [0.1, 0.15) is 33.1 Å². The third kappa shape index (κ3) is 6.39. The molecule has 1 rings (SSSR count). The van der Waals surface area contributed by atoms with Gasteiger partial charge in [-0.3, -0.25) is 4.90 Å². The summed E-state index contributed by atoms with van der Waals surface area (Å²) in [6, 6.07) is 1.45. The van der Waals surface area contributed by atoms with Crippen molar-refractivity contribution in [3.63, 3.8) is 0 Å². The monoisotopic (exact) mass is 242 g/mol. The van der Waals surface area contributed by atoms with Crippen molar-refractivity contribution in [2.75, 3.05) is 47.3 Å². The minimum absolute atomic E-state index is 0.669. The highest BCUT2D eigenvalue weighted by Gasteiger charge is 2.18. The van der Waals surface area contributed by atoms with Gasteiger partial charge in [-0.1, -0.05) is 0 Å². The molecule has 3 heteroatoms. The second-order valence-corrected chi connectivity index (χ2v) is 6.73. The topological polar surface area (TPSA) is 15.3 Å². The summed E-state index contributed by atoms with van der Waals surface area (Å²) >= 11 is 0. The Morgan fingerprint density at radius 1 is 1.24 bits per heavy atom. The molecule has 1 aliphatic heterocycles. The molecular formula is C14H32N3+. The fraction of sp³-hybridized carbons (Fsp3) is 1.00. The van der Waals surface area contributed by atoms with Gasteiger partial charge in [-0.2, -0.15) is 0 Å². The summed E-state index contributed by atoms with van der Waals surface area (Å²) in [7, 11) is 6.82. The zero-order chi connectivity index (χ0) is 12.9. The zero-order valence-electron chi connectivity index (χ0n) is 12.5. The highest BCUT2D eigenvalue weighted by atomic mass is 15.3. The average molecular weight is 242 g/mol. The second kappa shape index (κ2) is 6.72. The lowest BCUT2D eigenvalue weighted by Crippen LogP contribution is -2.45. The molecule has 0 bridgehead atoms. The lowest BCUT2D eigenvalue weighted by Gasteiger charge is -2.32. The van der Waals surface area contributed by atoms with Crippen molar-refractivity contribution in [2.45, 2.75) is 45.2 Å². The molecule has 0 aromatic carbocycles. The van der Waals surface area contributed by atoms with Gasteiger partial charge < -0.3 is 9.80 Å². The van der Waals surface area contributed by atoms with Crippen molar-refractivity contribution in [1.29, 1.82) is 0 Å². The van der Waals surface area contributed by atoms with E-state index in [1.807, 2.05) is 0 Å². The molecule has 1 unspecified atom stereocenters. The predicted molar refractivity (Wildman–Crippen MR) is 75.3 cm³/mol. The summed E-state index contributed by atoms with van der Waals surface area (Å²) in [6.45, 7) is 9.56. The van der Waals surface area contributed by atoms with Crippen LogP contribution in [0, 0.1) is 0 Å². The number of nitrogens with zero attached hydrogens (tertiary/aromatic N) is 2. The number of hydrogen-bond acceptors (Lipinski definition) is 2. The second-order valence-electron chi connectivity index (χ2n) is 6.73. The van der Waals surface area contributed by atoms with Crippen LogP contribution < -0.4 is 5.32 Å². The number of likely N-dealkylation sites (N-methyl/N-ethyl adjacent to an activating group) is 1. The van der Waals surface area contributed by atoms with Gasteiger partial charge in [0.1, 0.15) is 0 Å².